The van der Waals surface area contributed by atoms with Crippen LogP contribution in [-0.4, -0.2) is 28.5 Å². The maximum Gasteiger partial charge on any atom is 0.262 e. The average Bonchev–Trinajstić information content (AvgIpc) is 2.96. The zero-order valence-electron chi connectivity index (χ0n) is 16.0. The van der Waals surface area contributed by atoms with E-state index in [9.17, 15) is 4.79 Å². The van der Waals surface area contributed by atoms with E-state index in [0.29, 0.717) is 19.0 Å². The molecule has 3 aromatic rings. The van der Waals surface area contributed by atoms with Crippen molar-refractivity contribution in [2.24, 2.45) is 5.92 Å². The lowest BCUT2D eigenvalue weighted by Crippen LogP contribution is -2.29. The summed E-state index contributed by atoms with van der Waals surface area (Å²) >= 11 is 5.21. The van der Waals surface area contributed by atoms with Gasteiger partial charge in [-0.2, -0.15) is 0 Å². The van der Waals surface area contributed by atoms with Gasteiger partial charge in [0.25, 0.3) is 5.56 Å². The van der Waals surface area contributed by atoms with Crippen LogP contribution < -0.4 is 5.56 Å². The molecule has 0 saturated heterocycles. The van der Waals surface area contributed by atoms with Crippen LogP contribution >= 0.6 is 27.3 Å². The lowest BCUT2D eigenvalue weighted by atomic mass is 9.89. The molecule has 6 heteroatoms. The van der Waals surface area contributed by atoms with E-state index in [-0.39, 0.29) is 5.56 Å². The van der Waals surface area contributed by atoms with E-state index in [1.165, 1.54) is 10.4 Å². The topological polar surface area (TPSA) is 38.1 Å². The van der Waals surface area contributed by atoms with Crippen molar-refractivity contribution in [1.82, 2.24) is 14.5 Å². The smallest absolute Gasteiger partial charge is 0.262 e. The van der Waals surface area contributed by atoms with E-state index >= 15 is 0 Å². The number of benzene rings is 1. The highest BCUT2D eigenvalue weighted by atomic mass is 79.9. The molecular weight excluding hydrogens is 422 g/mol. The van der Waals surface area contributed by atoms with Gasteiger partial charge in [-0.25, -0.2) is 4.98 Å². The SMILES string of the molecule is CC1CCc2c(sc3nc(CN(C)C)n(Cc4ccc(Br)cc4)c(=O)c23)C1. The van der Waals surface area contributed by atoms with Crippen LogP contribution in [0, 0.1) is 5.92 Å². The molecule has 27 heavy (non-hydrogen) atoms. The van der Waals surface area contributed by atoms with Crippen molar-refractivity contribution in [2.45, 2.75) is 39.3 Å². The van der Waals surface area contributed by atoms with Gasteiger partial charge in [-0.3, -0.25) is 9.36 Å². The fraction of sp³-hybridized carbons (Fsp3) is 0.429. The maximum atomic E-state index is 13.5. The summed E-state index contributed by atoms with van der Waals surface area (Å²) < 4.78 is 2.91. The Labute approximate surface area is 172 Å². The second kappa shape index (κ2) is 7.49. The molecular formula is C21H24BrN3OS. The molecule has 0 radical (unpaired) electrons. The molecule has 1 aliphatic rings. The van der Waals surface area contributed by atoms with Gasteiger partial charge in [0.1, 0.15) is 10.7 Å². The van der Waals surface area contributed by atoms with Gasteiger partial charge in [0.15, 0.2) is 0 Å². The molecule has 2 aromatic heterocycles. The summed E-state index contributed by atoms with van der Waals surface area (Å²) in [4.78, 5) is 22.8. The number of rotatable bonds is 4. The van der Waals surface area contributed by atoms with Crippen LogP contribution in [0.15, 0.2) is 33.5 Å². The molecule has 0 bridgehead atoms. The van der Waals surface area contributed by atoms with Crippen molar-refractivity contribution in [2.75, 3.05) is 14.1 Å². The molecule has 0 amide bonds. The molecule has 0 N–H and O–H groups in total. The van der Waals surface area contributed by atoms with Crippen molar-refractivity contribution in [1.29, 1.82) is 0 Å². The number of halogens is 1. The lowest BCUT2D eigenvalue weighted by Gasteiger charge is -2.18. The Morgan fingerprint density at radius 1 is 1.30 bits per heavy atom. The summed E-state index contributed by atoms with van der Waals surface area (Å²) in [5.41, 5.74) is 2.48. The molecule has 4 nitrogen and oxygen atoms in total. The minimum Gasteiger partial charge on any atom is -0.302 e. The molecule has 0 spiro atoms. The number of thiophene rings is 1. The van der Waals surface area contributed by atoms with Crippen LogP contribution in [0.25, 0.3) is 10.2 Å². The second-order valence-corrected chi connectivity index (χ2v) is 9.81. The molecule has 1 aromatic carbocycles. The largest absolute Gasteiger partial charge is 0.302 e. The lowest BCUT2D eigenvalue weighted by molar-refractivity contribution is 0.379. The van der Waals surface area contributed by atoms with Crippen LogP contribution in [0.1, 0.15) is 35.2 Å². The van der Waals surface area contributed by atoms with Crippen molar-refractivity contribution in [3.63, 3.8) is 0 Å². The van der Waals surface area contributed by atoms with E-state index in [1.54, 1.807) is 11.3 Å². The van der Waals surface area contributed by atoms with Gasteiger partial charge in [-0.15, -0.1) is 11.3 Å². The first-order valence-corrected chi connectivity index (χ1v) is 11.0. The number of hydrogen-bond donors (Lipinski definition) is 0. The van der Waals surface area contributed by atoms with Gasteiger partial charge in [0.2, 0.25) is 0 Å². The highest BCUT2D eigenvalue weighted by molar-refractivity contribution is 9.10. The zero-order valence-corrected chi connectivity index (χ0v) is 18.4. The van der Waals surface area contributed by atoms with Crippen molar-refractivity contribution in [3.05, 3.63) is 60.9 Å². The fourth-order valence-corrected chi connectivity index (χ4v) is 5.46. The van der Waals surface area contributed by atoms with Gasteiger partial charge in [-0.05, 0) is 62.5 Å². The molecule has 1 unspecified atom stereocenters. The third kappa shape index (κ3) is 3.75. The number of fused-ring (bicyclic) bond motifs is 3. The Kier molecular flexibility index (Phi) is 5.23. The van der Waals surface area contributed by atoms with Gasteiger partial charge < -0.3 is 4.90 Å². The van der Waals surface area contributed by atoms with E-state index in [0.717, 1.165) is 45.3 Å². The molecule has 4 rings (SSSR count). The fourth-order valence-electron chi connectivity index (χ4n) is 3.80. The monoisotopic (exact) mass is 445 g/mol. The molecule has 0 aliphatic heterocycles. The second-order valence-electron chi connectivity index (χ2n) is 7.82. The van der Waals surface area contributed by atoms with Crippen LogP contribution in [0.4, 0.5) is 0 Å². The van der Waals surface area contributed by atoms with Gasteiger partial charge >= 0.3 is 0 Å². The zero-order chi connectivity index (χ0) is 19.1. The Morgan fingerprint density at radius 2 is 2.04 bits per heavy atom. The van der Waals surface area contributed by atoms with E-state index < -0.39 is 0 Å². The van der Waals surface area contributed by atoms with Gasteiger partial charge in [-0.1, -0.05) is 35.0 Å². The Bertz CT molecular complexity index is 1040. The first-order chi connectivity index (χ1) is 12.9. The first-order valence-electron chi connectivity index (χ1n) is 9.35. The Hall–Kier alpha value is -1.50. The predicted molar refractivity (Wildman–Crippen MR) is 116 cm³/mol. The average molecular weight is 446 g/mol. The maximum absolute atomic E-state index is 13.5. The summed E-state index contributed by atoms with van der Waals surface area (Å²) in [5.74, 6) is 1.53. The summed E-state index contributed by atoms with van der Waals surface area (Å²) in [6.07, 6.45) is 3.23. The number of nitrogens with zero attached hydrogens (tertiary/aromatic N) is 3. The molecule has 1 atom stereocenters. The van der Waals surface area contributed by atoms with E-state index in [1.807, 2.05) is 30.8 Å². The quantitative estimate of drug-likeness (QED) is 0.594. The first kappa shape index (κ1) is 18.8. The number of aromatic nitrogens is 2. The van der Waals surface area contributed by atoms with Gasteiger partial charge in [0, 0.05) is 9.35 Å². The summed E-state index contributed by atoms with van der Waals surface area (Å²) in [5, 5.41) is 0.863. The molecule has 1 aliphatic carbocycles. The van der Waals surface area contributed by atoms with Crippen LogP contribution in [0.3, 0.4) is 0 Å². The normalized spacial score (nSPS) is 16.9. The summed E-state index contributed by atoms with van der Waals surface area (Å²) in [6.45, 7) is 3.50. The molecule has 0 saturated carbocycles. The van der Waals surface area contributed by atoms with Crippen LogP contribution in [-0.2, 0) is 25.9 Å². The standard InChI is InChI=1S/C21H24BrN3OS/c1-13-4-9-16-17(10-13)27-20-19(16)21(26)25(18(23-20)12-24(2)3)11-14-5-7-15(22)8-6-14/h5-8,13H,4,9-12H2,1-3H3. The summed E-state index contributed by atoms with van der Waals surface area (Å²) in [7, 11) is 4.03. The van der Waals surface area contributed by atoms with Crippen LogP contribution in [0.2, 0.25) is 0 Å². The predicted octanol–water partition coefficient (Wildman–Crippen LogP) is 4.46. The van der Waals surface area contributed by atoms with Crippen molar-refractivity contribution >= 4 is 37.5 Å². The summed E-state index contributed by atoms with van der Waals surface area (Å²) in [6, 6.07) is 8.16. The number of hydrogen-bond acceptors (Lipinski definition) is 4. The third-order valence-electron chi connectivity index (χ3n) is 5.21. The highest BCUT2D eigenvalue weighted by Gasteiger charge is 2.24. The molecule has 2 heterocycles. The van der Waals surface area contributed by atoms with Crippen molar-refractivity contribution < 1.29 is 0 Å². The highest BCUT2D eigenvalue weighted by Crippen LogP contribution is 2.36. The molecule has 0 fully saturated rings. The number of aryl methyl sites for hydroxylation is 1. The Balaban J connectivity index is 1.87. The van der Waals surface area contributed by atoms with E-state index in [4.69, 9.17) is 4.98 Å². The minimum atomic E-state index is 0.117. The molecule has 142 valence electrons. The van der Waals surface area contributed by atoms with Gasteiger partial charge in [0.05, 0.1) is 18.5 Å². The minimum absolute atomic E-state index is 0.117. The van der Waals surface area contributed by atoms with Crippen molar-refractivity contribution in [3.8, 4) is 0 Å². The van der Waals surface area contributed by atoms with E-state index in [2.05, 4.69) is 39.9 Å². The van der Waals surface area contributed by atoms with Crippen LogP contribution in [0.5, 0.6) is 0 Å². The Morgan fingerprint density at radius 3 is 2.74 bits per heavy atom. The third-order valence-corrected chi connectivity index (χ3v) is 6.88.